The molecule has 0 spiro atoms. The summed E-state index contributed by atoms with van der Waals surface area (Å²) < 4.78 is 21.0. The fraction of sp³-hybridized carbons (Fsp3) is 0.350. The third kappa shape index (κ3) is 4.87. The molecule has 0 aromatic heterocycles. The van der Waals surface area contributed by atoms with Gasteiger partial charge in [-0.3, -0.25) is 4.79 Å². The van der Waals surface area contributed by atoms with Gasteiger partial charge in [-0.05, 0) is 74.5 Å². The summed E-state index contributed by atoms with van der Waals surface area (Å²) in [5.74, 6) is -0.332. The molecule has 0 radical (unpaired) electrons. The summed E-state index contributed by atoms with van der Waals surface area (Å²) in [6.07, 6.45) is 2.77. The molecule has 0 fully saturated rings. The Morgan fingerprint density at radius 2 is 2.15 bits per heavy atom. The van der Waals surface area contributed by atoms with Gasteiger partial charge in [0.15, 0.2) is 0 Å². The lowest BCUT2D eigenvalue weighted by Crippen LogP contribution is -2.19. The van der Waals surface area contributed by atoms with Crippen molar-refractivity contribution in [2.24, 2.45) is 11.0 Å². The van der Waals surface area contributed by atoms with Crippen LogP contribution in [0.15, 0.2) is 46.0 Å². The second kappa shape index (κ2) is 9.02. The minimum atomic E-state index is -0.494. The number of ether oxygens (including phenoxy) is 1. The van der Waals surface area contributed by atoms with E-state index in [0.717, 1.165) is 18.4 Å². The molecule has 1 aliphatic rings. The van der Waals surface area contributed by atoms with Crippen molar-refractivity contribution in [3.63, 3.8) is 0 Å². The maximum Gasteiger partial charge on any atom is 0.219 e. The highest BCUT2D eigenvalue weighted by Gasteiger charge is 2.26. The molecular weight excluding hydrogens is 413 g/mol. The summed E-state index contributed by atoms with van der Waals surface area (Å²) >= 11 is 3.31. The van der Waals surface area contributed by atoms with Crippen LogP contribution in [0.2, 0.25) is 0 Å². The summed E-state index contributed by atoms with van der Waals surface area (Å²) in [5, 5.41) is 3.11. The molecule has 140 valence electrons. The van der Waals surface area contributed by atoms with Gasteiger partial charge < -0.3 is 4.74 Å². The Bertz CT molecular complexity index is 883. The number of carbonyl (C=O) groups is 1. The van der Waals surface area contributed by atoms with Gasteiger partial charge in [0, 0.05) is 17.8 Å². The number of amides is 1. The minimum Gasteiger partial charge on any atom is -0.492 e. The Morgan fingerprint density at radius 3 is 2.89 bits per heavy atom. The van der Waals surface area contributed by atoms with E-state index in [4.69, 9.17) is 10.3 Å². The fourth-order valence-corrected chi connectivity index (χ4v) is 3.89. The number of benzene rings is 2. The van der Waals surface area contributed by atoms with E-state index < -0.39 is 5.91 Å². The first-order valence-electron chi connectivity index (χ1n) is 8.83. The Balaban J connectivity index is 1.68. The Kier molecular flexibility index (Phi) is 6.48. The van der Waals surface area contributed by atoms with E-state index in [1.807, 2.05) is 36.4 Å². The molecule has 0 saturated heterocycles. The van der Waals surface area contributed by atoms with Crippen LogP contribution in [-0.2, 0) is 24.1 Å². The molecule has 0 bridgehead atoms. The van der Waals surface area contributed by atoms with Crippen molar-refractivity contribution in [3.8, 4) is 5.75 Å². The number of hydrogen-bond acceptors (Lipinski definition) is 2. The van der Waals surface area contributed by atoms with E-state index in [1.165, 1.54) is 5.56 Å². The van der Waals surface area contributed by atoms with Gasteiger partial charge in [-0.1, -0.05) is 30.3 Å². The standard InChI is InChI=1S/C20H19BrFN3O2/c21-19-17(27-9-8-13-4-2-1-3-5-13)12-15-7-6-14(10-16(15)20(19)22)11-18(26)24-25-23/h1-5,12,14H,6-11H2. The summed E-state index contributed by atoms with van der Waals surface area (Å²) in [4.78, 5) is 14.0. The predicted molar refractivity (Wildman–Crippen MR) is 104 cm³/mol. The molecule has 2 aromatic carbocycles. The maximum atomic E-state index is 14.9. The van der Waals surface area contributed by atoms with Crippen LogP contribution >= 0.6 is 15.9 Å². The molecule has 27 heavy (non-hydrogen) atoms. The van der Waals surface area contributed by atoms with Crippen molar-refractivity contribution < 1.29 is 13.9 Å². The molecule has 1 unspecified atom stereocenters. The van der Waals surface area contributed by atoms with Gasteiger partial charge in [-0.2, -0.15) is 0 Å². The first kappa shape index (κ1) is 19.4. The Morgan fingerprint density at radius 1 is 1.37 bits per heavy atom. The predicted octanol–water partition coefficient (Wildman–Crippen LogP) is 5.54. The molecule has 0 heterocycles. The van der Waals surface area contributed by atoms with Crippen molar-refractivity contribution in [3.05, 3.63) is 73.8 Å². The zero-order valence-electron chi connectivity index (χ0n) is 14.7. The van der Waals surface area contributed by atoms with Crippen LogP contribution < -0.4 is 4.74 Å². The van der Waals surface area contributed by atoms with E-state index in [0.29, 0.717) is 35.2 Å². The highest BCUT2D eigenvalue weighted by molar-refractivity contribution is 9.10. The lowest BCUT2D eigenvalue weighted by Gasteiger charge is -2.25. The van der Waals surface area contributed by atoms with Crippen LogP contribution in [0.3, 0.4) is 0 Å². The zero-order chi connectivity index (χ0) is 19.2. The SMILES string of the molecule is [N-]=[N+]=NC(=O)CC1CCc2cc(OCCc3ccccc3)c(Br)c(F)c2C1. The van der Waals surface area contributed by atoms with Crippen LogP contribution in [-0.4, -0.2) is 12.5 Å². The van der Waals surface area contributed by atoms with Gasteiger partial charge in [0.05, 0.1) is 11.1 Å². The molecule has 2 aromatic rings. The first-order chi connectivity index (χ1) is 13.1. The minimum absolute atomic E-state index is 0.0123. The number of azide groups is 1. The molecule has 3 rings (SSSR count). The smallest absolute Gasteiger partial charge is 0.219 e. The fourth-order valence-electron chi connectivity index (χ4n) is 3.42. The average Bonchev–Trinajstić information content (AvgIpc) is 2.67. The molecule has 0 saturated carbocycles. The van der Waals surface area contributed by atoms with E-state index in [2.05, 4.69) is 26.0 Å². The summed E-state index contributed by atoms with van der Waals surface area (Å²) in [6.45, 7) is 0.462. The first-order valence-corrected chi connectivity index (χ1v) is 9.62. The van der Waals surface area contributed by atoms with Gasteiger partial charge in [0.1, 0.15) is 11.6 Å². The number of halogens is 2. The molecule has 0 aliphatic heterocycles. The van der Waals surface area contributed by atoms with Gasteiger partial charge >= 0.3 is 0 Å². The summed E-state index contributed by atoms with van der Waals surface area (Å²) in [7, 11) is 0. The van der Waals surface area contributed by atoms with Gasteiger partial charge in [-0.15, -0.1) is 0 Å². The molecule has 5 nitrogen and oxygen atoms in total. The highest BCUT2D eigenvalue weighted by atomic mass is 79.9. The van der Waals surface area contributed by atoms with E-state index in [1.54, 1.807) is 0 Å². The van der Waals surface area contributed by atoms with Crippen molar-refractivity contribution in [2.75, 3.05) is 6.61 Å². The number of aryl methyl sites for hydroxylation is 1. The normalized spacial score (nSPS) is 15.6. The second-order valence-electron chi connectivity index (χ2n) is 6.62. The van der Waals surface area contributed by atoms with Crippen molar-refractivity contribution >= 4 is 21.8 Å². The number of rotatable bonds is 6. The van der Waals surface area contributed by atoms with Crippen molar-refractivity contribution in [1.82, 2.24) is 0 Å². The number of nitrogens with zero attached hydrogens (tertiary/aromatic N) is 3. The summed E-state index contributed by atoms with van der Waals surface area (Å²) in [5.41, 5.74) is 11.0. The van der Waals surface area contributed by atoms with Gasteiger partial charge in [0.25, 0.3) is 0 Å². The topological polar surface area (TPSA) is 75.1 Å². The van der Waals surface area contributed by atoms with E-state index in [9.17, 15) is 9.18 Å². The van der Waals surface area contributed by atoms with Crippen molar-refractivity contribution in [2.45, 2.75) is 32.1 Å². The monoisotopic (exact) mass is 431 g/mol. The third-order valence-corrected chi connectivity index (χ3v) is 5.53. The van der Waals surface area contributed by atoms with E-state index in [-0.39, 0.29) is 18.2 Å². The molecular formula is C20H19BrFN3O2. The largest absolute Gasteiger partial charge is 0.492 e. The molecule has 1 amide bonds. The number of hydrogen-bond donors (Lipinski definition) is 0. The lowest BCUT2D eigenvalue weighted by molar-refractivity contribution is -0.118. The quantitative estimate of drug-likeness (QED) is 0.341. The van der Waals surface area contributed by atoms with E-state index >= 15 is 0 Å². The van der Waals surface area contributed by atoms with Crippen LogP contribution in [0.25, 0.3) is 10.4 Å². The second-order valence-corrected chi connectivity index (χ2v) is 7.41. The third-order valence-electron chi connectivity index (χ3n) is 4.79. The molecule has 7 heteroatoms. The molecule has 1 aliphatic carbocycles. The van der Waals surface area contributed by atoms with Crippen LogP contribution in [0, 0.1) is 11.7 Å². The Labute approximate surface area is 165 Å². The lowest BCUT2D eigenvalue weighted by atomic mass is 9.82. The van der Waals surface area contributed by atoms with Crippen LogP contribution in [0.4, 0.5) is 4.39 Å². The number of carbonyl (C=O) groups excluding carboxylic acids is 1. The Hall–Kier alpha value is -2.37. The molecule has 0 N–H and O–H groups in total. The van der Waals surface area contributed by atoms with Gasteiger partial charge in [0.2, 0.25) is 5.91 Å². The summed E-state index contributed by atoms with van der Waals surface area (Å²) in [6, 6.07) is 11.9. The maximum absolute atomic E-state index is 14.9. The average molecular weight is 432 g/mol. The number of fused-ring (bicyclic) bond motifs is 1. The highest BCUT2D eigenvalue weighted by Crippen LogP contribution is 2.38. The zero-order valence-corrected chi connectivity index (χ0v) is 16.3. The van der Waals surface area contributed by atoms with Crippen molar-refractivity contribution in [1.29, 1.82) is 0 Å². The van der Waals surface area contributed by atoms with Gasteiger partial charge in [-0.25, -0.2) is 4.39 Å². The van der Waals surface area contributed by atoms with Crippen LogP contribution in [0.1, 0.15) is 29.5 Å². The molecule has 1 atom stereocenters. The van der Waals surface area contributed by atoms with Crippen LogP contribution in [0.5, 0.6) is 5.75 Å².